The molecule has 1 atom stereocenters. The third-order valence-electron chi connectivity index (χ3n) is 3.32. The van der Waals surface area contributed by atoms with Crippen LogP contribution in [0.4, 0.5) is 19.0 Å². The normalized spacial score (nSPS) is 23.7. The SMILES string of the molecule is O=C(O)c1cccnc1N1CCCC(O)(C(F)(F)F)C1. The molecule has 1 aromatic rings. The van der Waals surface area contributed by atoms with E-state index in [-0.39, 0.29) is 24.3 Å². The first-order valence-corrected chi connectivity index (χ1v) is 5.97. The van der Waals surface area contributed by atoms with Crippen molar-refractivity contribution in [1.82, 2.24) is 4.98 Å². The van der Waals surface area contributed by atoms with Crippen molar-refractivity contribution in [2.45, 2.75) is 24.6 Å². The van der Waals surface area contributed by atoms with Crippen molar-refractivity contribution >= 4 is 11.8 Å². The Morgan fingerprint density at radius 2 is 2.15 bits per heavy atom. The summed E-state index contributed by atoms with van der Waals surface area (Å²) in [6, 6.07) is 2.67. The molecule has 0 spiro atoms. The number of aliphatic hydroxyl groups is 1. The zero-order valence-electron chi connectivity index (χ0n) is 10.4. The van der Waals surface area contributed by atoms with Crippen LogP contribution in [0.2, 0.25) is 0 Å². The molecule has 0 aromatic carbocycles. The molecule has 1 unspecified atom stereocenters. The van der Waals surface area contributed by atoms with Crippen LogP contribution in [0.25, 0.3) is 0 Å². The Morgan fingerprint density at radius 1 is 1.45 bits per heavy atom. The number of anilines is 1. The van der Waals surface area contributed by atoms with Crippen LogP contribution in [-0.4, -0.2) is 46.0 Å². The van der Waals surface area contributed by atoms with Crippen molar-refractivity contribution < 1.29 is 28.2 Å². The lowest BCUT2D eigenvalue weighted by atomic mass is 9.92. The maximum atomic E-state index is 12.9. The van der Waals surface area contributed by atoms with Gasteiger partial charge in [-0.05, 0) is 25.0 Å². The first-order valence-electron chi connectivity index (χ1n) is 5.97. The van der Waals surface area contributed by atoms with E-state index in [4.69, 9.17) is 5.11 Å². The van der Waals surface area contributed by atoms with E-state index in [0.29, 0.717) is 0 Å². The molecule has 1 aliphatic rings. The summed E-state index contributed by atoms with van der Waals surface area (Å²) < 4.78 is 38.6. The number of pyridine rings is 1. The lowest BCUT2D eigenvalue weighted by Crippen LogP contribution is -2.57. The lowest BCUT2D eigenvalue weighted by Gasteiger charge is -2.40. The number of carbonyl (C=O) groups is 1. The van der Waals surface area contributed by atoms with E-state index >= 15 is 0 Å². The van der Waals surface area contributed by atoms with Crippen LogP contribution in [0.1, 0.15) is 23.2 Å². The molecule has 110 valence electrons. The average molecular weight is 290 g/mol. The second-order valence-electron chi connectivity index (χ2n) is 4.73. The predicted molar refractivity (Wildman–Crippen MR) is 63.6 cm³/mol. The van der Waals surface area contributed by atoms with Gasteiger partial charge in [-0.25, -0.2) is 9.78 Å². The van der Waals surface area contributed by atoms with Crippen molar-refractivity contribution in [3.05, 3.63) is 23.9 Å². The number of aromatic carboxylic acids is 1. The van der Waals surface area contributed by atoms with Crippen molar-refractivity contribution in [3.8, 4) is 0 Å². The van der Waals surface area contributed by atoms with Gasteiger partial charge in [0.25, 0.3) is 0 Å². The number of aromatic nitrogens is 1. The molecular formula is C12H13F3N2O3. The molecule has 0 bridgehead atoms. The van der Waals surface area contributed by atoms with Crippen LogP contribution in [0.5, 0.6) is 0 Å². The molecule has 1 saturated heterocycles. The molecule has 1 aromatic heterocycles. The van der Waals surface area contributed by atoms with E-state index < -0.39 is 30.7 Å². The van der Waals surface area contributed by atoms with Gasteiger partial charge in [0, 0.05) is 12.7 Å². The number of hydrogen-bond acceptors (Lipinski definition) is 4. The van der Waals surface area contributed by atoms with Gasteiger partial charge < -0.3 is 15.1 Å². The number of carboxylic acid groups (broad SMARTS) is 1. The largest absolute Gasteiger partial charge is 0.478 e. The minimum Gasteiger partial charge on any atom is -0.478 e. The highest BCUT2D eigenvalue weighted by atomic mass is 19.4. The summed E-state index contributed by atoms with van der Waals surface area (Å²) in [5, 5.41) is 18.8. The van der Waals surface area contributed by atoms with E-state index in [0.717, 1.165) is 0 Å². The van der Waals surface area contributed by atoms with Gasteiger partial charge in [0.1, 0.15) is 11.4 Å². The summed E-state index contributed by atoms with van der Waals surface area (Å²) in [5.74, 6) is -1.32. The third kappa shape index (κ3) is 2.55. The Balaban J connectivity index is 2.33. The lowest BCUT2D eigenvalue weighted by molar-refractivity contribution is -0.261. The van der Waals surface area contributed by atoms with Crippen molar-refractivity contribution in [3.63, 3.8) is 0 Å². The van der Waals surface area contributed by atoms with Gasteiger partial charge >= 0.3 is 12.1 Å². The fourth-order valence-electron chi connectivity index (χ4n) is 2.26. The Morgan fingerprint density at radius 3 is 2.75 bits per heavy atom. The van der Waals surface area contributed by atoms with Crippen LogP contribution in [-0.2, 0) is 0 Å². The maximum absolute atomic E-state index is 12.9. The molecule has 2 N–H and O–H groups in total. The van der Waals surface area contributed by atoms with E-state index in [1.165, 1.54) is 23.2 Å². The van der Waals surface area contributed by atoms with Gasteiger partial charge in [-0.15, -0.1) is 0 Å². The molecule has 5 nitrogen and oxygen atoms in total. The molecule has 1 aliphatic heterocycles. The zero-order chi connectivity index (χ0) is 15.0. The molecule has 8 heteroatoms. The van der Waals surface area contributed by atoms with Crippen molar-refractivity contribution in [2.75, 3.05) is 18.0 Å². The van der Waals surface area contributed by atoms with E-state index in [2.05, 4.69) is 4.98 Å². The summed E-state index contributed by atoms with van der Waals surface area (Å²) in [5.41, 5.74) is -3.02. The summed E-state index contributed by atoms with van der Waals surface area (Å²) >= 11 is 0. The predicted octanol–water partition coefficient (Wildman–Crippen LogP) is 1.67. The monoisotopic (exact) mass is 290 g/mol. The van der Waals surface area contributed by atoms with Gasteiger partial charge in [-0.3, -0.25) is 0 Å². The smallest absolute Gasteiger partial charge is 0.418 e. The molecule has 2 heterocycles. The summed E-state index contributed by atoms with van der Waals surface area (Å²) in [7, 11) is 0. The van der Waals surface area contributed by atoms with Crippen LogP contribution in [0.15, 0.2) is 18.3 Å². The number of alkyl halides is 3. The van der Waals surface area contributed by atoms with Crippen LogP contribution < -0.4 is 4.90 Å². The van der Waals surface area contributed by atoms with E-state index in [1.807, 2.05) is 0 Å². The van der Waals surface area contributed by atoms with Crippen LogP contribution in [0, 0.1) is 0 Å². The molecule has 2 rings (SSSR count). The maximum Gasteiger partial charge on any atom is 0.418 e. The van der Waals surface area contributed by atoms with Crippen molar-refractivity contribution in [1.29, 1.82) is 0 Å². The molecule has 0 saturated carbocycles. The van der Waals surface area contributed by atoms with E-state index in [1.54, 1.807) is 0 Å². The molecule has 1 fully saturated rings. The Labute approximate surface area is 112 Å². The Hall–Kier alpha value is -1.83. The van der Waals surface area contributed by atoms with Gasteiger partial charge in [0.2, 0.25) is 0 Å². The number of piperidine rings is 1. The molecule has 0 aliphatic carbocycles. The Kier molecular flexibility index (Phi) is 3.59. The molecule has 20 heavy (non-hydrogen) atoms. The van der Waals surface area contributed by atoms with Crippen molar-refractivity contribution in [2.24, 2.45) is 0 Å². The van der Waals surface area contributed by atoms with E-state index in [9.17, 15) is 23.1 Å². The summed E-state index contributed by atoms with van der Waals surface area (Å²) in [6.45, 7) is -0.497. The number of nitrogens with zero attached hydrogens (tertiary/aromatic N) is 2. The summed E-state index contributed by atoms with van der Waals surface area (Å²) in [4.78, 5) is 16.1. The van der Waals surface area contributed by atoms with Gasteiger partial charge in [-0.1, -0.05) is 0 Å². The third-order valence-corrected chi connectivity index (χ3v) is 3.32. The second kappa shape index (κ2) is 4.93. The molecular weight excluding hydrogens is 277 g/mol. The summed E-state index contributed by atoms with van der Waals surface area (Å²) in [6.07, 6.45) is -3.75. The highest BCUT2D eigenvalue weighted by Crippen LogP contribution is 2.38. The zero-order valence-corrected chi connectivity index (χ0v) is 10.4. The first-order chi connectivity index (χ1) is 9.24. The fourth-order valence-corrected chi connectivity index (χ4v) is 2.26. The number of β-amino-alcohol motifs (C(OH)–C–C–N with tert-alkyl or cyclic N) is 1. The molecule has 0 radical (unpaired) electrons. The second-order valence-corrected chi connectivity index (χ2v) is 4.73. The van der Waals surface area contributed by atoms with Crippen LogP contribution >= 0.6 is 0 Å². The highest BCUT2D eigenvalue weighted by Gasteiger charge is 2.55. The van der Waals surface area contributed by atoms with Gasteiger partial charge in [-0.2, -0.15) is 13.2 Å². The average Bonchev–Trinajstić information content (AvgIpc) is 2.37. The molecule has 0 amide bonds. The van der Waals surface area contributed by atoms with Crippen LogP contribution in [0.3, 0.4) is 0 Å². The number of rotatable bonds is 2. The standard InChI is InChI=1S/C12H13F3N2O3/c13-12(14,15)11(20)4-2-6-17(7-11)9-8(10(18)19)3-1-5-16-9/h1,3,5,20H,2,4,6-7H2,(H,18,19). The fraction of sp³-hybridized carbons (Fsp3) is 0.500. The number of carboxylic acids is 1. The minimum atomic E-state index is -4.76. The number of halogens is 3. The minimum absolute atomic E-state index is 0.0534. The highest BCUT2D eigenvalue weighted by molar-refractivity contribution is 5.93. The first kappa shape index (κ1) is 14.6. The number of hydrogen-bond donors (Lipinski definition) is 2. The van der Waals surface area contributed by atoms with Gasteiger partial charge in [0.05, 0.1) is 6.54 Å². The Bertz CT molecular complexity index is 521. The topological polar surface area (TPSA) is 73.7 Å². The quantitative estimate of drug-likeness (QED) is 0.866. The van der Waals surface area contributed by atoms with Gasteiger partial charge in [0.15, 0.2) is 5.60 Å².